The average molecular weight is 706 g/mol. The summed E-state index contributed by atoms with van der Waals surface area (Å²) in [5.74, 6) is 1.30. The van der Waals surface area contributed by atoms with E-state index in [2.05, 4.69) is 44.0 Å². The number of carbonyl (C=O) groups is 1. The Kier molecular flexibility index (Phi) is 8.73. The van der Waals surface area contributed by atoms with Crippen LogP contribution < -0.4 is 14.4 Å². The number of halogens is 1. The fraction of sp³-hybridized carbons (Fsp3) is 0.541. The summed E-state index contributed by atoms with van der Waals surface area (Å²) in [6.07, 6.45) is 13.6. The number of sulfonamides is 1. The van der Waals surface area contributed by atoms with E-state index in [1.54, 1.807) is 17.1 Å². The van der Waals surface area contributed by atoms with Gasteiger partial charge in [0.25, 0.3) is 5.91 Å². The summed E-state index contributed by atoms with van der Waals surface area (Å²) in [6, 6.07) is 11.6. The molecule has 0 unspecified atom stereocenters. The van der Waals surface area contributed by atoms with Crippen molar-refractivity contribution in [3.63, 3.8) is 0 Å². The first-order chi connectivity index (χ1) is 23.7. The van der Waals surface area contributed by atoms with Gasteiger partial charge in [-0.05, 0) is 111 Å². The molecule has 2 aliphatic heterocycles. The molecule has 3 aromatic rings. The Balaban J connectivity index is 1.18. The van der Waals surface area contributed by atoms with E-state index in [0.717, 1.165) is 62.2 Å². The highest BCUT2D eigenvalue weighted by molar-refractivity contribution is 7.90. The lowest BCUT2D eigenvalue weighted by Gasteiger charge is -2.46. The third kappa shape index (κ3) is 6.38. The number of carbonyl (C=O) groups excluding carboxylic acids is 1. The molecule has 12 heteroatoms. The van der Waals surface area contributed by atoms with Crippen molar-refractivity contribution < 1.29 is 22.7 Å². The lowest BCUT2D eigenvalue weighted by molar-refractivity contribution is -0.0249. The number of allylic oxidation sites excluding steroid dienone is 1. The van der Waals surface area contributed by atoms with E-state index in [9.17, 15) is 13.2 Å². The Bertz CT molecular complexity index is 1880. The van der Waals surface area contributed by atoms with Crippen molar-refractivity contribution in [1.82, 2.24) is 19.5 Å². The molecule has 6 atom stereocenters. The zero-order valence-corrected chi connectivity index (χ0v) is 29.5. The molecule has 49 heavy (non-hydrogen) atoms. The molecule has 3 heterocycles. The van der Waals surface area contributed by atoms with Gasteiger partial charge in [-0.1, -0.05) is 36.2 Å². The molecule has 1 amide bonds. The number of aryl methyl sites for hydroxylation is 2. The number of nitrogens with one attached hydrogen (secondary N) is 1. The Labute approximate surface area is 293 Å². The molecular formula is C37H44ClN5O5S. The fourth-order valence-corrected chi connectivity index (χ4v) is 11.0. The van der Waals surface area contributed by atoms with E-state index in [1.807, 2.05) is 25.2 Å². The van der Waals surface area contributed by atoms with Gasteiger partial charge in [0, 0.05) is 36.1 Å². The largest absolute Gasteiger partial charge is 0.490 e. The van der Waals surface area contributed by atoms with Gasteiger partial charge in [-0.2, -0.15) is 5.10 Å². The Hall–Kier alpha value is -3.41. The maximum atomic E-state index is 13.7. The van der Waals surface area contributed by atoms with Crippen molar-refractivity contribution in [2.24, 2.45) is 24.8 Å². The molecule has 10 nitrogen and oxygen atoms in total. The lowest BCUT2D eigenvalue weighted by atomic mass is 9.68. The second kappa shape index (κ2) is 13.0. The van der Waals surface area contributed by atoms with Crippen LogP contribution in [0.5, 0.6) is 5.75 Å². The van der Waals surface area contributed by atoms with E-state index in [0.29, 0.717) is 55.7 Å². The van der Waals surface area contributed by atoms with Gasteiger partial charge in [0.15, 0.2) is 5.82 Å². The van der Waals surface area contributed by atoms with Crippen molar-refractivity contribution in [2.75, 3.05) is 24.6 Å². The number of anilines is 1. The molecule has 0 radical (unpaired) electrons. The zero-order valence-electron chi connectivity index (χ0n) is 27.9. The molecule has 1 aromatic heterocycles. The van der Waals surface area contributed by atoms with Crippen molar-refractivity contribution in [2.45, 2.75) is 81.2 Å². The normalized spacial score (nSPS) is 31.3. The fourth-order valence-electron chi connectivity index (χ4n) is 9.07. The number of hydrogen-bond donors (Lipinski definition) is 1. The standard InChI is InChI=1S/C37H44ClN5O5S/c1-42-23-39-35(40-42)20-47-32-8-2-5-24-6-3-9-34(24)49(45,46)41-36(44)26-11-15-33-31(18-26)43(19-27-10-13-29(27)32)21-37(22-48-33)16-4-7-25-17-28(38)12-14-30(25)37/h2,8,11-12,14-15,17-18,23-24,27,29,32,34H,3-7,9-10,13,16,19-22H2,1H3,(H,41,44)/b8-2-/t24-,27-,29+,32-,34-,37-/m0/s1. The smallest absolute Gasteiger partial charge is 0.264 e. The first kappa shape index (κ1) is 32.8. The molecule has 5 aliphatic rings. The molecule has 0 saturated heterocycles. The van der Waals surface area contributed by atoms with Crippen LogP contribution in [0.3, 0.4) is 0 Å². The van der Waals surface area contributed by atoms with Crippen LogP contribution >= 0.6 is 11.6 Å². The number of nitrogens with zero attached hydrogens (tertiary/aromatic N) is 4. The predicted molar refractivity (Wildman–Crippen MR) is 187 cm³/mol. The van der Waals surface area contributed by atoms with Gasteiger partial charge in [-0.25, -0.2) is 18.1 Å². The summed E-state index contributed by atoms with van der Waals surface area (Å²) in [6.45, 7) is 2.28. The number of fused-ring (bicyclic) bond motifs is 5. The van der Waals surface area contributed by atoms with Crippen molar-refractivity contribution in [3.05, 3.63) is 82.4 Å². The summed E-state index contributed by atoms with van der Waals surface area (Å²) in [5.41, 5.74) is 3.42. The quantitative estimate of drug-likeness (QED) is 0.343. The van der Waals surface area contributed by atoms with E-state index >= 15 is 0 Å². The van der Waals surface area contributed by atoms with Gasteiger partial charge in [0.2, 0.25) is 10.0 Å². The lowest BCUT2D eigenvalue weighted by Crippen LogP contribution is -2.49. The average Bonchev–Trinajstić information content (AvgIpc) is 3.69. The summed E-state index contributed by atoms with van der Waals surface area (Å²) in [7, 11) is -2.04. The van der Waals surface area contributed by atoms with Crippen LogP contribution in [0.15, 0.2) is 54.9 Å². The van der Waals surface area contributed by atoms with Gasteiger partial charge in [-0.3, -0.25) is 9.48 Å². The molecule has 2 aromatic carbocycles. The van der Waals surface area contributed by atoms with E-state index < -0.39 is 21.2 Å². The molecule has 3 aliphatic carbocycles. The highest BCUT2D eigenvalue weighted by atomic mass is 35.5. The van der Waals surface area contributed by atoms with Gasteiger partial charge in [0.1, 0.15) is 18.7 Å². The van der Waals surface area contributed by atoms with E-state index in [4.69, 9.17) is 21.1 Å². The maximum Gasteiger partial charge on any atom is 0.264 e. The van der Waals surface area contributed by atoms with Crippen LogP contribution in [0.25, 0.3) is 0 Å². The van der Waals surface area contributed by atoms with Crippen molar-refractivity contribution in [1.29, 1.82) is 0 Å². The van der Waals surface area contributed by atoms with E-state index in [-0.39, 0.29) is 23.4 Å². The van der Waals surface area contributed by atoms with Crippen LogP contribution in [0.4, 0.5) is 5.69 Å². The minimum atomic E-state index is -3.89. The minimum Gasteiger partial charge on any atom is -0.490 e. The highest BCUT2D eigenvalue weighted by Crippen LogP contribution is 2.47. The summed E-state index contributed by atoms with van der Waals surface area (Å²) in [5, 5.41) is 4.55. The number of rotatable bonds is 3. The topological polar surface area (TPSA) is 116 Å². The summed E-state index contributed by atoms with van der Waals surface area (Å²) in [4.78, 5) is 20.4. The Morgan fingerprint density at radius 3 is 2.82 bits per heavy atom. The first-order valence-corrected chi connectivity index (χ1v) is 19.6. The molecule has 2 saturated carbocycles. The van der Waals surface area contributed by atoms with Gasteiger partial charge >= 0.3 is 0 Å². The monoisotopic (exact) mass is 705 g/mol. The number of benzene rings is 2. The third-order valence-electron chi connectivity index (χ3n) is 11.7. The number of ether oxygens (including phenoxy) is 2. The molecule has 1 spiro atoms. The second-order valence-corrected chi connectivity index (χ2v) is 17.1. The minimum absolute atomic E-state index is 0.0647. The Morgan fingerprint density at radius 2 is 2.00 bits per heavy atom. The molecule has 2 bridgehead atoms. The van der Waals surface area contributed by atoms with Crippen LogP contribution in [0, 0.1) is 17.8 Å². The van der Waals surface area contributed by atoms with Gasteiger partial charge in [0.05, 0.1) is 23.6 Å². The summed E-state index contributed by atoms with van der Waals surface area (Å²) < 4.78 is 44.7. The number of aromatic nitrogens is 3. The molecule has 2 fully saturated rings. The molecule has 8 rings (SSSR count). The van der Waals surface area contributed by atoms with Crippen LogP contribution in [0.1, 0.15) is 78.7 Å². The number of amides is 1. The van der Waals surface area contributed by atoms with Gasteiger partial charge in [-0.15, -0.1) is 0 Å². The van der Waals surface area contributed by atoms with E-state index in [1.165, 1.54) is 11.1 Å². The molecular weight excluding hydrogens is 662 g/mol. The van der Waals surface area contributed by atoms with Crippen LogP contribution in [-0.4, -0.2) is 60.1 Å². The van der Waals surface area contributed by atoms with Crippen LogP contribution in [-0.2, 0) is 40.3 Å². The zero-order chi connectivity index (χ0) is 33.8. The summed E-state index contributed by atoms with van der Waals surface area (Å²) >= 11 is 6.46. The second-order valence-electron chi connectivity index (χ2n) is 14.8. The predicted octanol–water partition coefficient (Wildman–Crippen LogP) is 5.74. The van der Waals surface area contributed by atoms with Crippen molar-refractivity contribution >= 4 is 33.2 Å². The first-order valence-electron chi connectivity index (χ1n) is 17.7. The SMILES string of the molecule is Cn1cnc(CO[C@H]2/C=C\C[C@H]3CCC[C@@H]3S(=O)(=O)NC(=O)c3ccc4c(c3)N(C[C@@H]3CC[C@H]32)C[C@@]2(CCCc3cc(Cl)ccc32)CO4)n1. The van der Waals surface area contributed by atoms with Crippen molar-refractivity contribution in [3.8, 4) is 5.75 Å². The highest BCUT2D eigenvalue weighted by Gasteiger charge is 2.45. The molecule has 1 N–H and O–H groups in total. The van der Waals surface area contributed by atoms with Crippen LogP contribution in [0.2, 0.25) is 5.02 Å². The third-order valence-corrected chi connectivity index (χ3v) is 13.8. The Morgan fingerprint density at radius 1 is 1.10 bits per heavy atom. The molecule has 260 valence electrons. The van der Waals surface area contributed by atoms with Gasteiger partial charge < -0.3 is 14.4 Å². The maximum absolute atomic E-state index is 13.7. The number of hydrogen-bond acceptors (Lipinski definition) is 8.